The number of rotatable bonds is 7. The van der Waals surface area contributed by atoms with Crippen molar-refractivity contribution in [3.8, 4) is 17.6 Å². The second-order valence-corrected chi connectivity index (χ2v) is 8.26. The fourth-order valence-electron chi connectivity index (χ4n) is 2.43. The molecule has 28 heavy (non-hydrogen) atoms. The number of sulfonamides is 1. The molecule has 0 atom stereocenters. The highest BCUT2D eigenvalue weighted by Gasteiger charge is 2.28. The van der Waals surface area contributed by atoms with Gasteiger partial charge < -0.3 is 9.47 Å². The van der Waals surface area contributed by atoms with Crippen LogP contribution in [0.3, 0.4) is 0 Å². The summed E-state index contributed by atoms with van der Waals surface area (Å²) in [4.78, 5) is 12.6. The number of benzene rings is 2. The Labute approximate surface area is 167 Å². The van der Waals surface area contributed by atoms with E-state index in [-0.39, 0.29) is 45.2 Å². The highest BCUT2D eigenvalue weighted by atomic mass is 35.5. The zero-order chi connectivity index (χ0) is 20.3. The van der Waals surface area contributed by atoms with Crippen LogP contribution in [0.5, 0.6) is 11.5 Å². The topological polar surface area (TPSA) is 105 Å². The van der Waals surface area contributed by atoms with Crippen LogP contribution in [-0.4, -0.2) is 27.0 Å². The third-order valence-electron chi connectivity index (χ3n) is 3.91. The van der Waals surface area contributed by atoms with Crippen LogP contribution in [0.4, 0.5) is 0 Å². The fourth-order valence-corrected chi connectivity index (χ4v) is 4.02. The number of ether oxygens (including phenoxy) is 2. The van der Waals surface area contributed by atoms with E-state index in [1.807, 2.05) is 6.07 Å². The summed E-state index contributed by atoms with van der Waals surface area (Å²) in [5.41, 5.74) is 0.300. The summed E-state index contributed by atoms with van der Waals surface area (Å²) < 4.78 is 38.0. The maximum absolute atomic E-state index is 12.6. The number of carbonyl (C=O) groups is 1. The SMILES string of the molecule is CCOc1cc(C#N)cc(Cl)c1OC(=O)c1cccc(S(=O)(=O)NC2CC2)c1. The first-order valence-electron chi connectivity index (χ1n) is 8.55. The van der Waals surface area contributed by atoms with E-state index in [9.17, 15) is 13.2 Å². The molecule has 0 heterocycles. The standard InChI is InChI=1S/C19H17ClN2O5S/c1-2-26-17-9-12(11-21)8-16(20)18(17)27-19(23)13-4-3-5-15(10-13)28(24,25)22-14-6-7-14/h3-5,8-10,14,22H,2,6-7H2,1H3. The average Bonchev–Trinajstić information content (AvgIpc) is 3.47. The maximum atomic E-state index is 12.6. The average molecular weight is 421 g/mol. The van der Waals surface area contributed by atoms with Gasteiger partial charge in [-0.05, 0) is 44.0 Å². The lowest BCUT2D eigenvalue weighted by Gasteiger charge is -2.13. The van der Waals surface area contributed by atoms with Crippen molar-refractivity contribution in [3.63, 3.8) is 0 Å². The smallest absolute Gasteiger partial charge is 0.343 e. The Morgan fingerprint density at radius 3 is 2.71 bits per heavy atom. The van der Waals surface area contributed by atoms with Crippen molar-refractivity contribution in [1.82, 2.24) is 4.72 Å². The van der Waals surface area contributed by atoms with Gasteiger partial charge in [0.2, 0.25) is 10.0 Å². The Morgan fingerprint density at radius 2 is 2.07 bits per heavy atom. The quantitative estimate of drug-likeness (QED) is 0.544. The summed E-state index contributed by atoms with van der Waals surface area (Å²) >= 11 is 6.13. The zero-order valence-electron chi connectivity index (χ0n) is 14.9. The summed E-state index contributed by atoms with van der Waals surface area (Å²) in [5.74, 6) is -0.674. The normalized spacial score (nSPS) is 13.6. The lowest BCUT2D eigenvalue weighted by atomic mass is 10.2. The predicted octanol–water partition coefficient (Wildman–Crippen LogP) is 3.27. The molecule has 0 aliphatic heterocycles. The van der Waals surface area contributed by atoms with E-state index in [1.54, 1.807) is 6.92 Å². The molecule has 1 aliphatic carbocycles. The van der Waals surface area contributed by atoms with Crippen molar-refractivity contribution in [1.29, 1.82) is 5.26 Å². The first kappa shape index (κ1) is 20.1. The monoisotopic (exact) mass is 420 g/mol. The lowest BCUT2D eigenvalue weighted by molar-refractivity contribution is 0.0728. The molecule has 1 fully saturated rings. The molecule has 0 unspecified atom stereocenters. The van der Waals surface area contributed by atoms with Crippen LogP contribution in [-0.2, 0) is 10.0 Å². The van der Waals surface area contributed by atoms with Gasteiger partial charge in [0.05, 0.1) is 33.7 Å². The van der Waals surface area contributed by atoms with Crippen molar-refractivity contribution in [3.05, 3.63) is 52.5 Å². The van der Waals surface area contributed by atoms with Gasteiger partial charge in [-0.3, -0.25) is 0 Å². The van der Waals surface area contributed by atoms with Crippen LogP contribution in [0.2, 0.25) is 5.02 Å². The van der Waals surface area contributed by atoms with Gasteiger partial charge >= 0.3 is 5.97 Å². The zero-order valence-corrected chi connectivity index (χ0v) is 16.5. The molecule has 9 heteroatoms. The third kappa shape index (κ3) is 4.62. The minimum Gasteiger partial charge on any atom is -0.490 e. The summed E-state index contributed by atoms with van der Waals surface area (Å²) in [6.45, 7) is 2.01. The summed E-state index contributed by atoms with van der Waals surface area (Å²) in [7, 11) is -3.70. The molecule has 0 spiro atoms. The van der Waals surface area contributed by atoms with Gasteiger partial charge in [0.15, 0.2) is 11.5 Å². The van der Waals surface area contributed by atoms with Crippen molar-refractivity contribution in [2.75, 3.05) is 6.61 Å². The van der Waals surface area contributed by atoms with Crippen molar-refractivity contribution >= 4 is 27.6 Å². The van der Waals surface area contributed by atoms with Crippen LogP contribution in [0, 0.1) is 11.3 Å². The number of carbonyl (C=O) groups excluding carboxylic acids is 1. The number of nitrogens with zero attached hydrogens (tertiary/aromatic N) is 1. The van der Waals surface area contributed by atoms with Crippen LogP contribution >= 0.6 is 11.6 Å². The summed E-state index contributed by atoms with van der Waals surface area (Å²) in [5, 5.41) is 9.08. The molecule has 146 valence electrons. The molecule has 0 bridgehead atoms. The molecule has 0 radical (unpaired) electrons. The first-order chi connectivity index (χ1) is 13.3. The maximum Gasteiger partial charge on any atom is 0.343 e. The van der Waals surface area contributed by atoms with E-state index in [1.165, 1.54) is 36.4 Å². The molecular formula is C19H17ClN2O5S. The Balaban J connectivity index is 1.88. The number of halogens is 1. The molecule has 7 nitrogen and oxygen atoms in total. The lowest BCUT2D eigenvalue weighted by Crippen LogP contribution is -2.26. The highest BCUT2D eigenvalue weighted by Crippen LogP contribution is 2.37. The summed E-state index contributed by atoms with van der Waals surface area (Å²) in [6.07, 6.45) is 1.61. The van der Waals surface area contributed by atoms with Crippen LogP contribution in [0.15, 0.2) is 41.3 Å². The van der Waals surface area contributed by atoms with E-state index in [0.717, 1.165) is 12.8 Å². The van der Waals surface area contributed by atoms with Crippen molar-refractivity contribution < 1.29 is 22.7 Å². The molecule has 3 rings (SSSR count). The second kappa shape index (κ2) is 8.19. The molecule has 0 saturated heterocycles. The third-order valence-corrected chi connectivity index (χ3v) is 5.71. The Kier molecular flexibility index (Phi) is 5.89. The molecule has 1 saturated carbocycles. The van der Waals surface area contributed by atoms with Gasteiger partial charge in [0, 0.05) is 12.1 Å². The molecule has 1 aliphatic rings. The second-order valence-electron chi connectivity index (χ2n) is 6.14. The van der Waals surface area contributed by atoms with Gasteiger partial charge in [-0.2, -0.15) is 5.26 Å². The van der Waals surface area contributed by atoms with Crippen LogP contribution in [0.25, 0.3) is 0 Å². The Morgan fingerprint density at radius 1 is 1.32 bits per heavy atom. The van der Waals surface area contributed by atoms with E-state index in [4.69, 9.17) is 26.3 Å². The van der Waals surface area contributed by atoms with E-state index >= 15 is 0 Å². The molecule has 1 N–H and O–H groups in total. The van der Waals surface area contributed by atoms with Gasteiger partial charge in [-0.25, -0.2) is 17.9 Å². The molecule has 0 aromatic heterocycles. The largest absolute Gasteiger partial charge is 0.490 e. The minimum atomic E-state index is -3.70. The van der Waals surface area contributed by atoms with E-state index in [2.05, 4.69) is 4.72 Å². The van der Waals surface area contributed by atoms with Gasteiger partial charge in [0.25, 0.3) is 0 Å². The first-order valence-corrected chi connectivity index (χ1v) is 10.4. The Bertz CT molecular complexity index is 1060. The fraction of sp³-hybridized carbons (Fsp3) is 0.263. The van der Waals surface area contributed by atoms with Crippen LogP contribution in [0.1, 0.15) is 35.7 Å². The molecule has 0 amide bonds. The van der Waals surface area contributed by atoms with Crippen molar-refractivity contribution in [2.24, 2.45) is 0 Å². The molecule has 2 aromatic carbocycles. The van der Waals surface area contributed by atoms with Gasteiger partial charge in [-0.15, -0.1) is 0 Å². The minimum absolute atomic E-state index is 0.0233. The summed E-state index contributed by atoms with van der Waals surface area (Å²) in [6, 6.07) is 10.2. The molecular weight excluding hydrogens is 404 g/mol. The number of nitriles is 1. The highest BCUT2D eigenvalue weighted by molar-refractivity contribution is 7.89. The van der Waals surface area contributed by atoms with Crippen LogP contribution < -0.4 is 14.2 Å². The predicted molar refractivity (Wildman–Crippen MR) is 102 cm³/mol. The number of nitrogens with one attached hydrogen (secondary N) is 1. The number of hydrogen-bond donors (Lipinski definition) is 1. The Hall–Kier alpha value is -2.60. The molecule has 2 aromatic rings. The number of esters is 1. The van der Waals surface area contributed by atoms with Crippen molar-refractivity contribution in [2.45, 2.75) is 30.7 Å². The van der Waals surface area contributed by atoms with E-state index in [0.29, 0.717) is 0 Å². The van der Waals surface area contributed by atoms with E-state index < -0.39 is 16.0 Å². The number of hydrogen-bond acceptors (Lipinski definition) is 6. The van der Waals surface area contributed by atoms with Gasteiger partial charge in [0.1, 0.15) is 0 Å². The van der Waals surface area contributed by atoms with Gasteiger partial charge in [-0.1, -0.05) is 17.7 Å².